The number of amides is 1. The fraction of sp³-hybridized carbons (Fsp3) is 0.231. The van der Waals surface area contributed by atoms with Gasteiger partial charge in [-0.1, -0.05) is 48.0 Å². The third-order valence-corrected chi connectivity index (χ3v) is 5.67. The van der Waals surface area contributed by atoms with Gasteiger partial charge in [-0.3, -0.25) is 4.79 Å². The normalized spacial score (nSPS) is 10.8. The molecule has 170 valence electrons. The second-order valence-electron chi connectivity index (χ2n) is 7.54. The van der Waals surface area contributed by atoms with E-state index >= 15 is 0 Å². The summed E-state index contributed by atoms with van der Waals surface area (Å²) in [6.07, 6.45) is 1.77. The zero-order chi connectivity index (χ0) is 23.0. The fourth-order valence-corrected chi connectivity index (χ4v) is 3.90. The molecule has 1 amide bonds. The molecule has 0 saturated heterocycles. The van der Waals surface area contributed by atoms with Crippen molar-refractivity contribution in [2.24, 2.45) is 0 Å². The Morgan fingerprint density at radius 2 is 1.70 bits per heavy atom. The Balaban J connectivity index is 1.40. The number of fused-ring (bicyclic) bond motifs is 1. The molecule has 1 aromatic heterocycles. The van der Waals surface area contributed by atoms with Crippen LogP contribution in [0.15, 0.2) is 72.8 Å². The van der Waals surface area contributed by atoms with Gasteiger partial charge >= 0.3 is 0 Å². The monoisotopic (exact) mass is 463 g/mol. The number of ether oxygens (including phenoxy) is 2. The van der Waals surface area contributed by atoms with E-state index < -0.39 is 0 Å². The standard InChI is InChI=1S/C26H26ClN3O3/c1-32-23-14-6-2-10-19(23)26(31)28-18-25-29-21-12-4-5-13-22(21)30(25)16-8-9-17-33-24-15-7-3-11-20(24)27/h2-7,10-15H,8-9,16-18H2,1H3,(H,28,31). The first kappa shape index (κ1) is 22.7. The predicted molar refractivity (Wildman–Crippen MR) is 130 cm³/mol. The lowest BCUT2D eigenvalue weighted by Gasteiger charge is -2.12. The van der Waals surface area contributed by atoms with E-state index in [1.807, 2.05) is 60.7 Å². The number of unbranched alkanes of at least 4 members (excludes halogenated alkanes) is 1. The van der Waals surface area contributed by atoms with Crippen LogP contribution in [0.1, 0.15) is 29.0 Å². The van der Waals surface area contributed by atoms with Crippen LogP contribution in [0.3, 0.4) is 0 Å². The Bertz CT molecular complexity index is 1240. The number of rotatable bonds is 10. The minimum Gasteiger partial charge on any atom is -0.496 e. The summed E-state index contributed by atoms with van der Waals surface area (Å²) in [7, 11) is 1.56. The fourth-order valence-electron chi connectivity index (χ4n) is 3.71. The van der Waals surface area contributed by atoms with E-state index in [1.54, 1.807) is 19.2 Å². The van der Waals surface area contributed by atoms with Gasteiger partial charge in [-0.05, 0) is 49.2 Å². The maximum absolute atomic E-state index is 12.7. The third-order valence-electron chi connectivity index (χ3n) is 5.36. The summed E-state index contributed by atoms with van der Waals surface area (Å²) in [5.74, 6) is 1.86. The topological polar surface area (TPSA) is 65.4 Å². The van der Waals surface area contributed by atoms with E-state index in [2.05, 4.69) is 9.88 Å². The highest BCUT2D eigenvalue weighted by Crippen LogP contribution is 2.23. The molecule has 0 spiro atoms. The second-order valence-corrected chi connectivity index (χ2v) is 7.94. The van der Waals surface area contributed by atoms with Crippen LogP contribution >= 0.6 is 11.6 Å². The van der Waals surface area contributed by atoms with Crippen molar-refractivity contribution in [1.82, 2.24) is 14.9 Å². The van der Waals surface area contributed by atoms with Gasteiger partial charge in [0, 0.05) is 6.54 Å². The Hall–Kier alpha value is -3.51. The number of nitrogens with one attached hydrogen (secondary N) is 1. The molecule has 0 aliphatic heterocycles. The number of aryl methyl sites for hydroxylation is 1. The summed E-state index contributed by atoms with van der Waals surface area (Å²) in [6.45, 7) is 1.67. The third kappa shape index (κ3) is 5.46. The summed E-state index contributed by atoms with van der Waals surface area (Å²) in [5, 5.41) is 3.60. The first-order valence-corrected chi connectivity index (χ1v) is 11.3. The van der Waals surface area contributed by atoms with E-state index in [1.165, 1.54) is 0 Å². The zero-order valence-corrected chi connectivity index (χ0v) is 19.2. The Morgan fingerprint density at radius 1 is 0.970 bits per heavy atom. The Morgan fingerprint density at radius 3 is 2.52 bits per heavy atom. The molecule has 0 radical (unpaired) electrons. The lowest BCUT2D eigenvalue weighted by Crippen LogP contribution is -2.25. The van der Waals surface area contributed by atoms with Crippen LogP contribution in [-0.2, 0) is 13.1 Å². The van der Waals surface area contributed by atoms with Crippen molar-refractivity contribution in [1.29, 1.82) is 0 Å². The molecular formula is C26H26ClN3O3. The van der Waals surface area contributed by atoms with Crippen molar-refractivity contribution in [3.63, 3.8) is 0 Å². The summed E-state index contributed by atoms with van der Waals surface area (Å²) in [6, 6.07) is 22.7. The molecule has 0 unspecified atom stereocenters. The molecule has 0 saturated carbocycles. The van der Waals surface area contributed by atoms with Gasteiger partial charge in [0.05, 0.1) is 41.9 Å². The molecule has 4 aromatic rings. The van der Waals surface area contributed by atoms with Crippen LogP contribution in [0.25, 0.3) is 11.0 Å². The molecule has 4 rings (SSSR count). The van der Waals surface area contributed by atoms with Gasteiger partial charge < -0.3 is 19.4 Å². The van der Waals surface area contributed by atoms with Crippen LogP contribution < -0.4 is 14.8 Å². The van der Waals surface area contributed by atoms with Gasteiger partial charge in [0.15, 0.2) is 0 Å². The maximum Gasteiger partial charge on any atom is 0.255 e. The number of hydrogen-bond donors (Lipinski definition) is 1. The lowest BCUT2D eigenvalue weighted by atomic mass is 10.2. The highest BCUT2D eigenvalue weighted by atomic mass is 35.5. The first-order valence-electron chi connectivity index (χ1n) is 10.9. The lowest BCUT2D eigenvalue weighted by molar-refractivity contribution is 0.0946. The first-order chi connectivity index (χ1) is 16.2. The van der Waals surface area contributed by atoms with Crippen molar-refractivity contribution in [2.45, 2.75) is 25.9 Å². The molecular weight excluding hydrogens is 438 g/mol. The number of methoxy groups -OCH3 is 1. The van der Waals surface area contributed by atoms with Gasteiger partial charge in [0.25, 0.3) is 5.91 Å². The summed E-state index contributed by atoms with van der Waals surface area (Å²) in [5.41, 5.74) is 2.46. The van der Waals surface area contributed by atoms with E-state index in [0.717, 1.165) is 36.2 Å². The van der Waals surface area contributed by atoms with E-state index in [9.17, 15) is 4.79 Å². The number of hydrogen-bond acceptors (Lipinski definition) is 4. The van der Waals surface area contributed by atoms with Crippen molar-refractivity contribution in [2.75, 3.05) is 13.7 Å². The van der Waals surface area contributed by atoms with Gasteiger partial charge in [-0.25, -0.2) is 4.98 Å². The molecule has 0 aliphatic carbocycles. The highest BCUT2D eigenvalue weighted by molar-refractivity contribution is 6.32. The molecule has 0 atom stereocenters. The minimum absolute atomic E-state index is 0.195. The quantitative estimate of drug-likeness (QED) is 0.316. The summed E-state index contributed by atoms with van der Waals surface area (Å²) < 4.78 is 13.3. The van der Waals surface area contributed by atoms with Crippen LogP contribution in [-0.4, -0.2) is 29.2 Å². The average Bonchev–Trinajstić information content (AvgIpc) is 3.20. The Kier molecular flexibility index (Phi) is 7.47. The Labute approximate surface area is 198 Å². The average molecular weight is 464 g/mol. The van der Waals surface area contributed by atoms with Crippen molar-refractivity contribution in [3.8, 4) is 11.5 Å². The molecule has 0 fully saturated rings. The molecule has 0 bridgehead atoms. The SMILES string of the molecule is COc1ccccc1C(=O)NCc1nc2ccccc2n1CCCCOc1ccccc1Cl. The molecule has 3 aromatic carbocycles. The van der Waals surface area contributed by atoms with E-state index in [-0.39, 0.29) is 5.91 Å². The van der Waals surface area contributed by atoms with Gasteiger partial charge in [0.2, 0.25) is 0 Å². The largest absolute Gasteiger partial charge is 0.496 e. The van der Waals surface area contributed by atoms with Gasteiger partial charge in [-0.15, -0.1) is 0 Å². The molecule has 6 nitrogen and oxygen atoms in total. The molecule has 7 heteroatoms. The van der Waals surface area contributed by atoms with Gasteiger partial charge in [-0.2, -0.15) is 0 Å². The van der Waals surface area contributed by atoms with E-state index in [0.29, 0.717) is 35.2 Å². The number of aromatic nitrogens is 2. The molecule has 0 aliphatic rings. The van der Waals surface area contributed by atoms with Crippen molar-refractivity contribution >= 4 is 28.5 Å². The number of benzene rings is 3. The van der Waals surface area contributed by atoms with Crippen molar-refractivity contribution in [3.05, 3.63) is 89.2 Å². The molecule has 1 heterocycles. The number of carbonyl (C=O) groups is 1. The second kappa shape index (κ2) is 10.9. The molecule has 33 heavy (non-hydrogen) atoms. The van der Waals surface area contributed by atoms with Crippen LogP contribution in [0.2, 0.25) is 5.02 Å². The summed E-state index contributed by atoms with van der Waals surface area (Å²) in [4.78, 5) is 17.5. The number of halogens is 1. The number of nitrogens with zero attached hydrogens (tertiary/aromatic N) is 2. The van der Waals surface area contributed by atoms with Crippen LogP contribution in [0.4, 0.5) is 0 Å². The number of carbonyl (C=O) groups excluding carboxylic acids is 1. The number of imidazole rings is 1. The molecule has 1 N–H and O–H groups in total. The smallest absolute Gasteiger partial charge is 0.255 e. The summed E-state index contributed by atoms with van der Waals surface area (Å²) >= 11 is 6.15. The van der Waals surface area contributed by atoms with Crippen molar-refractivity contribution < 1.29 is 14.3 Å². The zero-order valence-electron chi connectivity index (χ0n) is 18.5. The van der Waals surface area contributed by atoms with Gasteiger partial charge in [0.1, 0.15) is 17.3 Å². The minimum atomic E-state index is -0.195. The van der Waals surface area contributed by atoms with Crippen LogP contribution in [0.5, 0.6) is 11.5 Å². The highest BCUT2D eigenvalue weighted by Gasteiger charge is 2.14. The van der Waals surface area contributed by atoms with E-state index in [4.69, 9.17) is 26.1 Å². The number of para-hydroxylation sites is 4. The maximum atomic E-state index is 12.7. The predicted octanol–water partition coefficient (Wildman–Crippen LogP) is 5.49. The van der Waals surface area contributed by atoms with Crippen LogP contribution in [0, 0.1) is 0 Å².